The zero-order valence-electron chi connectivity index (χ0n) is 8.09. The first-order valence-electron chi connectivity index (χ1n) is 4.61. The van der Waals surface area contributed by atoms with Crippen molar-refractivity contribution in [1.82, 2.24) is 0 Å². The number of anilines is 2. The molecule has 0 heterocycles. The van der Waals surface area contributed by atoms with E-state index in [1.165, 1.54) is 0 Å². The summed E-state index contributed by atoms with van der Waals surface area (Å²) in [6, 6.07) is 7.60. The van der Waals surface area contributed by atoms with Gasteiger partial charge in [-0.1, -0.05) is 6.07 Å². The Morgan fingerprint density at radius 2 is 2.21 bits per heavy atom. The average molecular weight is 192 g/mol. The molecule has 0 saturated carbocycles. The summed E-state index contributed by atoms with van der Waals surface area (Å²) in [7, 11) is 0. The van der Waals surface area contributed by atoms with Crippen LogP contribution in [0.2, 0.25) is 0 Å². The Morgan fingerprint density at radius 1 is 1.43 bits per heavy atom. The summed E-state index contributed by atoms with van der Waals surface area (Å²) in [6.07, 6.45) is 1.50. The minimum Gasteiger partial charge on any atom is -0.399 e. The summed E-state index contributed by atoms with van der Waals surface area (Å²) in [5, 5.41) is 10.3. The molecule has 0 aliphatic carbocycles. The van der Waals surface area contributed by atoms with Crippen LogP contribution in [0, 0.1) is 5.41 Å². The first kappa shape index (κ1) is 10.4. The maximum atomic E-state index is 7.04. The molecule has 0 unspecified atom stereocenters. The van der Waals surface area contributed by atoms with Crippen molar-refractivity contribution >= 4 is 17.2 Å². The van der Waals surface area contributed by atoms with E-state index in [-0.39, 0.29) is 5.84 Å². The maximum absolute atomic E-state index is 7.04. The molecule has 0 radical (unpaired) electrons. The number of nitrogens with two attached hydrogens (primary N) is 2. The molecule has 0 aliphatic rings. The molecule has 0 atom stereocenters. The van der Waals surface area contributed by atoms with Gasteiger partial charge in [0.1, 0.15) is 0 Å². The van der Waals surface area contributed by atoms with Crippen LogP contribution in [-0.2, 0) is 0 Å². The molecule has 14 heavy (non-hydrogen) atoms. The zero-order valence-corrected chi connectivity index (χ0v) is 8.09. The molecule has 0 aliphatic heterocycles. The smallest absolute Gasteiger partial charge is 0.0905 e. The van der Waals surface area contributed by atoms with E-state index in [0.29, 0.717) is 6.42 Å². The van der Waals surface area contributed by atoms with Crippen molar-refractivity contribution in [3.8, 4) is 0 Å². The molecule has 1 rings (SSSR count). The lowest BCUT2D eigenvalue weighted by atomic mass is 10.2. The lowest BCUT2D eigenvalue weighted by Crippen LogP contribution is -2.11. The Balaban J connectivity index is 2.28. The third-order valence-electron chi connectivity index (χ3n) is 1.84. The van der Waals surface area contributed by atoms with Crippen molar-refractivity contribution in [2.24, 2.45) is 5.73 Å². The van der Waals surface area contributed by atoms with Crippen LogP contribution in [0.4, 0.5) is 11.4 Å². The van der Waals surface area contributed by atoms with Gasteiger partial charge in [0.2, 0.25) is 0 Å². The highest BCUT2D eigenvalue weighted by molar-refractivity contribution is 5.76. The van der Waals surface area contributed by atoms with Crippen molar-refractivity contribution in [1.29, 1.82) is 5.41 Å². The minimum atomic E-state index is 0.236. The van der Waals surface area contributed by atoms with Gasteiger partial charge in [-0.15, -0.1) is 0 Å². The quantitative estimate of drug-likeness (QED) is 0.246. The number of nitrogen functional groups attached to an aromatic ring is 1. The van der Waals surface area contributed by atoms with E-state index in [1.54, 1.807) is 0 Å². The molecular formula is C10H16N4. The van der Waals surface area contributed by atoms with E-state index in [4.69, 9.17) is 16.9 Å². The molecule has 4 nitrogen and oxygen atoms in total. The predicted octanol–water partition coefficient (Wildman–Crippen LogP) is 1.40. The highest BCUT2D eigenvalue weighted by Crippen LogP contribution is 2.11. The molecule has 1 aromatic rings. The Kier molecular flexibility index (Phi) is 3.79. The number of hydrogen-bond acceptors (Lipinski definition) is 3. The number of hydrogen-bond donors (Lipinski definition) is 4. The largest absolute Gasteiger partial charge is 0.399 e. The van der Waals surface area contributed by atoms with Crippen LogP contribution in [0.1, 0.15) is 12.8 Å². The summed E-state index contributed by atoms with van der Waals surface area (Å²) in [4.78, 5) is 0. The van der Waals surface area contributed by atoms with Crippen LogP contribution < -0.4 is 16.8 Å². The fourth-order valence-electron chi connectivity index (χ4n) is 1.16. The highest BCUT2D eigenvalue weighted by atomic mass is 14.9. The van der Waals surface area contributed by atoms with Crippen LogP contribution in [0.15, 0.2) is 24.3 Å². The predicted molar refractivity (Wildman–Crippen MR) is 60.5 cm³/mol. The average Bonchev–Trinajstić information content (AvgIpc) is 2.12. The molecule has 0 spiro atoms. The van der Waals surface area contributed by atoms with E-state index in [9.17, 15) is 0 Å². The van der Waals surface area contributed by atoms with Crippen LogP contribution in [0.5, 0.6) is 0 Å². The second-order valence-electron chi connectivity index (χ2n) is 3.18. The van der Waals surface area contributed by atoms with Gasteiger partial charge in [0, 0.05) is 24.3 Å². The molecular weight excluding hydrogens is 176 g/mol. The third-order valence-corrected chi connectivity index (χ3v) is 1.84. The van der Waals surface area contributed by atoms with Crippen molar-refractivity contribution in [2.75, 3.05) is 17.6 Å². The molecule has 0 saturated heterocycles. The zero-order chi connectivity index (χ0) is 10.4. The highest BCUT2D eigenvalue weighted by Gasteiger charge is 1.93. The fraction of sp³-hybridized carbons (Fsp3) is 0.300. The van der Waals surface area contributed by atoms with Crippen LogP contribution in [-0.4, -0.2) is 12.4 Å². The Morgan fingerprint density at radius 3 is 2.86 bits per heavy atom. The first-order valence-corrected chi connectivity index (χ1v) is 4.61. The third kappa shape index (κ3) is 3.80. The van der Waals surface area contributed by atoms with Crippen molar-refractivity contribution in [2.45, 2.75) is 12.8 Å². The minimum absolute atomic E-state index is 0.236. The molecule has 4 heteroatoms. The van der Waals surface area contributed by atoms with Gasteiger partial charge in [0.15, 0.2) is 0 Å². The standard InChI is InChI=1S/C10H16N4/c11-8-3-1-4-9(7-8)14-6-2-5-10(12)13/h1,3-4,7,14H,2,5-6,11H2,(H3,12,13). The summed E-state index contributed by atoms with van der Waals surface area (Å²) in [5.41, 5.74) is 12.6. The van der Waals surface area contributed by atoms with Gasteiger partial charge in [-0.05, 0) is 24.6 Å². The Labute approximate surface area is 83.8 Å². The van der Waals surface area contributed by atoms with Gasteiger partial charge in [-0.2, -0.15) is 0 Å². The van der Waals surface area contributed by atoms with Gasteiger partial charge in [0.05, 0.1) is 5.84 Å². The first-order chi connectivity index (χ1) is 6.68. The molecule has 0 amide bonds. The molecule has 0 fully saturated rings. The van der Waals surface area contributed by atoms with Gasteiger partial charge < -0.3 is 16.8 Å². The van der Waals surface area contributed by atoms with Crippen LogP contribution in [0.25, 0.3) is 0 Å². The topological polar surface area (TPSA) is 87.9 Å². The van der Waals surface area contributed by atoms with Gasteiger partial charge in [-0.3, -0.25) is 5.41 Å². The van der Waals surface area contributed by atoms with E-state index in [2.05, 4.69) is 5.32 Å². The molecule has 0 bridgehead atoms. The number of benzene rings is 1. The van der Waals surface area contributed by atoms with E-state index >= 15 is 0 Å². The lowest BCUT2D eigenvalue weighted by molar-refractivity contribution is 0.905. The molecule has 1 aromatic carbocycles. The van der Waals surface area contributed by atoms with Gasteiger partial charge in [-0.25, -0.2) is 0 Å². The SMILES string of the molecule is N=C(N)CCCNc1cccc(N)c1. The van der Waals surface area contributed by atoms with Crippen molar-refractivity contribution in [3.63, 3.8) is 0 Å². The molecule has 76 valence electrons. The monoisotopic (exact) mass is 192 g/mol. The van der Waals surface area contributed by atoms with Crippen LogP contribution in [0.3, 0.4) is 0 Å². The Bertz CT molecular complexity index is 309. The second kappa shape index (κ2) is 5.11. The fourth-order valence-corrected chi connectivity index (χ4v) is 1.16. The lowest BCUT2D eigenvalue weighted by Gasteiger charge is -2.06. The summed E-state index contributed by atoms with van der Waals surface area (Å²) >= 11 is 0. The number of nitrogens with one attached hydrogen (secondary N) is 2. The summed E-state index contributed by atoms with van der Waals surface area (Å²) in [5.74, 6) is 0.236. The van der Waals surface area contributed by atoms with Crippen molar-refractivity contribution in [3.05, 3.63) is 24.3 Å². The summed E-state index contributed by atoms with van der Waals surface area (Å²) in [6.45, 7) is 0.809. The normalized spacial score (nSPS) is 9.71. The summed E-state index contributed by atoms with van der Waals surface area (Å²) < 4.78 is 0. The second-order valence-corrected chi connectivity index (χ2v) is 3.18. The van der Waals surface area contributed by atoms with E-state index in [0.717, 1.165) is 24.3 Å². The Hall–Kier alpha value is -1.71. The number of rotatable bonds is 5. The van der Waals surface area contributed by atoms with E-state index in [1.807, 2.05) is 24.3 Å². The molecule has 6 N–H and O–H groups in total. The molecule has 0 aromatic heterocycles. The maximum Gasteiger partial charge on any atom is 0.0905 e. The van der Waals surface area contributed by atoms with Crippen LogP contribution >= 0.6 is 0 Å². The van der Waals surface area contributed by atoms with E-state index < -0.39 is 0 Å². The number of amidine groups is 1. The van der Waals surface area contributed by atoms with Gasteiger partial charge in [0.25, 0.3) is 0 Å². The van der Waals surface area contributed by atoms with Crippen molar-refractivity contribution < 1.29 is 0 Å². The van der Waals surface area contributed by atoms with Gasteiger partial charge >= 0.3 is 0 Å².